The molecular weight excluding hydrogens is 325 g/mol. The molecule has 0 bridgehead atoms. The van der Waals surface area contributed by atoms with Gasteiger partial charge in [0.15, 0.2) is 9.84 Å². The molecular formula is C15H20FNO3S2. The maximum Gasteiger partial charge on any atom is 0.233 e. The van der Waals surface area contributed by atoms with Crippen molar-refractivity contribution < 1.29 is 17.6 Å². The standard InChI is InChI=1S/C15H20FNO3S2/c1-2-8-17(13-7-9-22(19,20)11-13)15(18)10-21-14-5-3-12(16)4-6-14/h3-6,13H,2,7-11H2,1H3. The summed E-state index contributed by atoms with van der Waals surface area (Å²) in [7, 11) is -3.01. The molecule has 0 saturated carbocycles. The molecule has 0 spiro atoms. The lowest BCUT2D eigenvalue weighted by atomic mass is 10.2. The van der Waals surface area contributed by atoms with Gasteiger partial charge in [-0.3, -0.25) is 4.79 Å². The number of carbonyl (C=O) groups is 1. The molecule has 4 nitrogen and oxygen atoms in total. The van der Waals surface area contributed by atoms with Crippen LogP contribution in [0.5, 0.6) is 0 Å². The minimum Gasteiger partial charge on any atom is -0.338 e. The van der Waals surface area contributed by atoms with E-state index in [1.807, 2.05) is 6.92 Å². The molecule has 122 valence electrons. The van der Waals surface area contributed by atoms with E-state index in [2.05, 4.69) is 0 Å². The van der Waals surface area contributed by atoms with Gasteiger partial charge in [0.05, 0.1) is 17.3 Å². The number of halogens is 1. The van der Waals surface area contributed by atoms with E-state index in [-0.39, 0.29) is 35.0 Å². The van der Waals surface area contributed by atoms with Crippen molar-refractivity contribution in [3.05, 3.63) is 30.1 Å². The average molecular weight is 345 g/mol. The lowest BCUT2D eigenvalue weighted by Crippen LogP contribution is -2.42. The fourth-order valence-corrected chi connectivity index (χ4v) is 5.05. The van der Waals surface area contributed by atoms with Crippen molar-refractivity contribution in [2.45, 2.75) is 30.7 Å². The molecule has 1 aliphatic heterocycles. The molecule has 1 atom stereocenters. The smallest absolute Gasteiger partial charge is 0.233 e. The Balaban J connectivity index is 1.96. The van der Waals surface area contributed by atoms with Crippen LogP contribution in [0, 0.1) is 5.82 Å². The van der Waals surface area contributed by atoms with Crippen molar-refractivity contribution in [2.24, 2.45) is 0 Å². The number of hydrogen-bond acceptors (Lipinski definition) is 4. The normalized spacial score (nSPS) is 20.0. The van der Waals surface area contributed by atoms with Gasteiger partial charge in [-0.15, -0.1) is 11.8 Å². The second kappa shape index (κ2) is 7.46. The Bertz CT molecular complexity index is 616. The molecule has 1 saturated heterocycles. The van der Waals surface area contributed by atoms with Gasteiger partial charge in [0, 0.05) is 17.5 Å². The number of nitrogens with zero attached hydrogens (tertiary/aromatic N) is 1. The summed E-state index contributed by atoms with van der Waals surface area (Å²) in [6, 6.07) is 5.79. The van der Waals surface area contributed by atoms with Crippen molar-refractivity contribution in [3.63, 3.8) is 0 Å². The van der Waals surface area contributed by atoms with E-state index >= 15 is 0 Å². The van der Waals surface area contributed by atoms with Gasteiger partial charge in [0.1, 0.15) is 5.82 Å². The van der Waals surface area contributed by atoms with Crippen LogP contribution in [0.2, 0.25) is 0 Å². The summed E-state index contributed by atoms with van der Waals surface area (Å²) < 4.78 is 36.1. The monoisotopic (exact) mass is 345 g/mol. The summed E-state index contributed by atoms with van der Waals surface area (Å²) in [5, 5.41) is 0. The quantitative estimate of drug-likeness (QED) is 0.743. The molecule has 0 radical (unpaired) electrons. The second-order valence-corrected chi connectivity index (χ2v) is 8.66. The van der Waals surface area contributed by atoms with Crippen LogP contribution in [0.15, 0.2) is 29.2 Å². The van der Waals surface area contributed by atoms with E-state index < -0.39 is 9.84 Å². The fourth-order valence-electron chi connectivity index (χ4n) is 2.53. The average Bonchev–Trinajstić information content (AvgIpc) is 2.83. The van der Waals surface area contributed by atoms with Crippen LogP contribution in [0.4, 0.5) is 4.39 Å². The number of benzene rings is 1. The van der Waals surface area contributed by atoms with Gasteiger partial charge in [-0.1, -0.05) is 6.92 Å². The predicted molar refractivity (Wildman–Crippen MR) is 86.2 cm³/mol. The van der Waals surface area contributed by atoms with Gasteiger partial charge >= 0.3 is 0 Å². The van der Waals surface area contributed by atoms with Crippen LogP contribution < -0.4 is 0 Å². The summed E-state index contributed by atoms with van der Waals surface area (Å²) in [5.74, 6) is 0.107. The molecule has 1 aromatic carbocycles. The van der Waals surface area contributed by atoms with Crippen LogP contribution in [0.1, 0.15) is 19.8 Å². The zero-order valence-electron chi connectivity index (χ0n) is 12.5. The first-order valence-electron chi connectivity index (χ1n) is 7.29. The Labute approximate surface area is 135 Å². The molecule has 2 rings (SSSR count). The molecule has 0 N–H and O–H groups in total. The Morgan fingerprint density at radius 1 is 1.36 bits per heavy atom. The Morgan fingerprint density at radius 3 is 2.59 bits per heavy atom. The summed E-state index contributed by atoms with van der Waals surface area (Å²) in [5.41, 5.74) is 0. The minimum absolute atomic E-state index is 0.0572. The van der Waals surface area contributed by atoms with Gasteiger partial charge in [0.2, 0.25) is 5.91 Å². The molecule has 7 heteroatoms. The van der Waals surface area contributed by atoms with E-state index in [0.29, 0.717) is 13.0 Å². The number of thioether (sulfide) groups is 1. The molecule has 1 amide bonds. The zero-order chi connectivity index (χ0) is 16.2. The Kier molecular flexibility index (Phi) is 5.86. The lowest BCUT2D eigenvalue weighted by molar-refractivity contribution is -0.130. The van der Waals surface area contributed by atoms with E-state index in [0.717, 1.165) is 11.3 Å². The SMILES string of the molecule is CCCN(C(=O)CSc1ccc(F)cc1)C1CCS(=O)(=O)C1. The topological polar surface area (TPSA) is 54.5 Å². The van der Waals surface area contributed by atoms with Gasteiger partial charge in [-0.2, -0.15) is 0 Å². The molecule has 22 heavy (non-hydrogen) atoms. The molecule has 1 aliphatic rings. The predicted octanol–water partition coefficient (Wildman–Crippen LogP) is 2.34. The number of hydrogen-bond donors (Lipinski definition) is 0. The maximum absolute atomic E-state index is 12.8. The third-order valence-corrected chi connectivity index (χ3v) is 6.36. The van der Waals surface area contributed by atoms with Crippen LogP contribution in [0.25, 0.3) is 0 Å². The van der Waals surface area contributed by atoms with Gasteiger partial charge < -0.3 is 4.90 Å². The first-order chi connectivity index (χ1) is 10.4. The van der Waals surface area contributed by atoms with Crippen LogP contribution in [0.3, 0.4) is 0 Å². The molecule has 0 aromatic heterocycles. The first-order valence-corrected chi connectivity index (χ1v) is 10.1. The Hall–Kier alpha value is -1.08. The van der Waals surface area contributed by atoms with Crippen LogP contribution in [-0.4, -0.2) is 49.1 Å². The van der Waals surface area contributed by atoms with Gasteiger partial charge in [0.25, 0.3) is 0 Å². The van der Waals surface area contributed by atoms with Gasteiger partial charge in [-0.05, 0) is 37.1 Å². The van der Waals surface area contributed by atoms with E-state index in [9.17, 15) is 17.6 Å². The van der Waals surface area contributed by atoms with E-state index in [1.54, 1.807) is 17.0 Å². The third-order valence-electron chi connectivity index (χ3n) is 3.61. The second-order valence-electron chi connectivity index (χ2n) is 5.39. The number of carbonyl (C=O) groups excluding carboxylic acids is 1. The molecule has 1 aromatic rings. The van der Waals surface area contributed by atoms with Crippen LogP contribution in [-0.2, 0) is 14.6 Å². The highest BCUT2D eigenvalue weighted by atomic mass is 32.2. The van der Waals surface area contributed by atoms with Crippen molar-refractivity contribution in [3.8, 4) is 0 Å². The van der Waals surface area contributed by atoms with Crippen molar-refractivity contribution in [1.29, 1.82) is 0 Å². The third kappa shape index (κ3) is 4.71. The van der Waals surface area contributed by atoms with E-state index in [4.69, 9.17) is 0 Å². The highest BCUT2D eigenvalue weighted by Gasteiger charge is 2.34. The van der Waals surface area contributed by atoms with Crippen molar-refractivity contribution >= 4 is 27.5 Å². The number of rotatable bonds is 6. The zero-order valence-corrected chi connectivity index (χ0v) is 14.1. The maximum atomic E-state index is 12.8. The first kappa shape index (κ1) is 17.3. The largest absolute Gasteiger partial charge is 0.338 e. The van der Waals surface area contributed by atoms with Gasteiger partial charge in [-0.25, -0.2) is 12.8 Å². The van der Waals surface area contributed by atoms with Crippen LogP contribution >= 0.6 is 11.8 Å². The fraction of sp³-hybridized carbons (Fsp3) is 0.533. The number of amides is 1. The Morgan fingerprint density at radius 2 is 2.05 bits per heavy atom. The lowest BCUT2D eigenvalue weighted by Gasteiger charge is -2.27. The summed E-state index contributed by atoms with van der Waals surface area (Å²) in [6.07, 6.45) is 1.32. The van der Waals surface area contributed by atoms with E-state index in [1.165, 1.54) is 23.9 Å². The summed E-state index contributed by atoms with van der Waals surface area (Å²) >= 11 is 1.34. The molecule has 0 aliphatic carbocycles. The molecule has 1 unspecified atom stereocenters. The highest BCUT2D eigenvalue weighted by molar-refractivity contribution is 8.00. The number of sulfone groups is 1. The molecule has 1 fully saturated rings. The summed E-state index contributed by atoms with van der Waals surface area (Å²) in [6.45, 7) is 2.54. The van der Waals surface area contributed by atoms with Crippen molar-refractivity contribution in [2.75, 3.05) is 23.8 Å². The highest BCUT2D eigenvalue weighted by Crippen LogP contribution is 2.22. The summed E-state index contributed by atoms with van der Waals surface area (Å²) in [4.78, 5) is 14.9. The minimum atomic E-state index is -3.01. The molecule has 1 heterocycles. The van der Waals surface area contributed by atoms with Crippen molar-refractivity contribution in [1.82, 2.24) is 4.90 Å².